The highest BCUT2D eigenvalue weighted by atomic mass is 32.7. The maximum absolute atomic E-state index is 13.1. The summed E-state index contributed by atoms with van der Waals surface area (Å²) < 4.78 is 20.4. The molecule has 21 heavy (non-hydrogen) atoms. The first-order valence-corrected chi connectivity index (χ1v) is 11.0. The van der Waals surface area contributed by atoms with Gasteiger partial charge in [0.25, 0.3) is 0 Å². The van der Waals surface area contributed by atoms with Crippen molar-refractivity contribution in [3.63, 3.8) is 0 Å². The lowest BCUT2D eigenvalue weighted by Crippen LogP contribution is -2.21. The SMILES string of the molecule is CCC(C)SP(=O)(OC)N1CCSC1=Nc1ccccc1. The molecule has 0 bridgehead atoms. The second kappa shape index (κ2) is 7.73. The van der Waals surface area contributed by atoms with Gasteiger partial charge >= 0.3 is 6.72 Å². The highest BCUT2D eigenvalue weighted by Crippen LogP contribution is 2.65. The fourth-order valence-electron chi connectivity index (χ4n) is 1.82. The minimum atomic E-state index is -2.92. The largest absolute Gasteiger partial charge is 0.355 e. The lowest BCUT2D eigenvalue weighted by molar-refractivity contribution is 0.374. The van der Waals surface area contributed by atoms with Crippen LogP contribution in [0.2, 0.25) is 0 Å². The smallest absolute Gasteiger partial charge is 0.309 e. The van der Waals surface area contributed by atoms with Crippen molar-refractivity contribution < 1.29 is 9.09 Å². The minimum absolute atomic E-state index is 0.291. The number of rotatable bonds is 6. The van der Waals surface area contributed by atoms with Gasteiger partial charge in [0.2, 0.25) is 0 Å². The molecule has 0 saturated carbocycles. The van der Waals surface area contributed by atoms with Crippen LogP contribution in [0.15, 0.2) is 35.3 Å². The zero-order chi connectivity index (χ0) is 15.3. The number of para-hydroxylation sites is 1. The van der Waals surface area contributed by atoms with Crippen LogP contribution in [0.1, 0.15) is 20.3 Å². The van der Waals surface area contributed by atoms with Gasteiger partial charge in [0.1, 0.15) is 0 Å². The maximum Gasteiger partial charge on any atom is 0.355 e. The first-order valence-electron chi connectivity index (χ1n) is 6.97. The van der Waals surface area contributed by atoms with Crippen LogP contribution in [0, 0.1) is 0 Å². The number of thioether (sulfide) groups is 1. The second-order valence-electron chi connectivity index (χ2n) is 4.68. The summed E-state index contributed by atoms with van der Waals surface area (Å²) in [5.41, 5.74) is 0.878. The molecule has 0 aromatic heterocycles. The highest BCUT2D eigenvalue weighted by molar-refractivity contribution is 8.56. The van der Waals surface area contributed by atoms with Crippen LogP contribution in [0.5, 0.6) is 0 Å². The number of hydrogen-bond donors (Lipinski definition) is 0. The molecule has 1 aliphatic heterocycles. The number of hydrogen-bond acceptors (Lipinski definition) is 5. The third-order valence-corrected chi connectivity index (χ3v) is 9.56. The molecular formula is C14H21N2O2PS2. The van der Waals surface area contributed by atoms with Crippen LogP contribution in [0.25, 0.3) is 0 Å². The summed E-state index contributed by atoms with van der Waals surface area (Å²) in [6.45, 7) is 1.97. The van der Waals surface area contributed by atoms with Crippen molar-refractivity contribution in [2.45, 2.75) is 25.5 Å². The van der Waals surface area contributed by atoms with E-state index in [2.05, 4.69) is 18.8 Å². The van der Waals surface area contributed by atoms with Gasteiger partial charge in [-0.05, 0) is 29.9 Å². The van der Waals surface area contributed by atoms with Crippen LogP contribution in [-0.4, -0.2) is 34.5 Å². The highest BCUT2D eigenvalue weighted by Gasteiger charge is 2.38. The third kappa shape index (κ3) is 4.28. The molecule has 2 atom stereocenters. The van der Waals surface area contributed by atoms with E-state index in [0.29, 0.717) is 11.8 Å². The van der Waals surface area contributed by atoms with Gasteiger partial charge in [-0.3, -0.25) is 9.24 Å². The molecule has 1 aromatic rings. The van der Waals surface area contributed by atoms with Gasteiger partial charge in [0.05, 0.1) is 5.69 Å². The Morgan fingerprint density at radius 2 is 2.19 bits per heavy atom. The van der Waals surface area contributed by atoms with Gasteiger partial charge in [-0.1, -0.05) is 43.8 Å². The number of benzene rings is 1. The molecule has 2 rings (SSSR count). The molecule has 7 heteroatoms. The monoisotopic (exact) mass is 344 g/mol. The summed E-state index contributed by atoms with van der Waals surface area (Å²) in [5, 5.41) is 1.08. The van der Waals surface area contributed by atoms with Crippen molar-refractivity contribution in [1.82, 2.24) is 4.67 Å². The molecule has 1 fully saturated rings. The van der Waals surface area contributed by atoms with E-state index < -0.39 is 6.72 Å². The van der Waals surface area contributed by atoms with Crippen molar-refractivity contribution in [3.8, 4) is 0 Å². The average molecular weight is 344 g/mol. The van der Waals surface area contributed by atoms with Crippen LogP contribution in [-0.2, 0) is 9.09 Å². The van der Waals surface area contributed by atoms with Crippen molar-refractivity contribution in [1.29, 1.82) is 0 Å². The normalized spacial score (nSPS) is 21.5. The summed E-state index contributed by atoms with van der Waals surface area (Å²) in [4.78, 5) is 4.63. The molecule has 1 aliphatic rings. The Labute approximate surface area is 135 Å². The summed E-state index contributed by atoms with van der Waals surface area (Å²) in [6.07, 6.45) is 0.962. The van der Waals surface area contributed by atoms with Crippen molar-refractivity contribution in [2.24, 2.45) is 4.99 Å². The zero-order valence-corrected chi connectivity index (χ0v) is 15.1. The van der Waals surface area contributed by atoms with E-state index in [0.717, 1.165) is 23.0 Å². The molecular weight excluding hydrogens is 323 g/mol. The zero-order valence-electron chi connectivity index (χ0n) is 12.6. The molecule has 4 nitrogen and oxygen atoms in total. The summed E-state index contributed by atoms with van der Waals surface area (Å²) in [7, 11) is 1.53. The summed E-state index contributed by atoms with van der Waals surface area (Å²) >= 11 is 3.06. The Morgan fingerprint density at radius 1 is 1.48 bits per heavy atom. The van der Waals surface area contributed by atoms with E-state index in [4.69, 9.17) is 4.52 Å². The number of nitrogens with zero attached hydrogens (tertiary/aromatic N) is 2. The average Bonchev–Trinajstić information content (AvgIpc) is 2.97. The minimum Gasteiger partial charge on any atom is -0.309 e. The lowest BCUT2D eigenvalue weighted by Gasteiger charge is -2.28. The van der Waals surface area contributed by atoms with Gasteiger partial charge in [-0.15, -0.1) is 0 Å². The molecule has 1 saturated heterocycles. The van der Waals surface area contributed by atoms with E-state index in [-0.39, 0.29) is 0 Å². The standard InChI is InChI=1S/C14H21N2O2PS2/c1-4-12(2)21-19(17,18-3)16-10-11-20-14(16)15-13-8-6-5-7-9-13/h5-9,12H,4,10-11H2,1-3H3. The van der Waals surface area contributed by atoms with Crippen molar-refractivity contribution in [3.05, 3.63) is 30.3 Å². The van der Waals surface area contributed by atoms with E-state index in [1.165, 1.54) is 18.5 Å². The van der Waals surface area contributed by atoms with Crippen LogP contribution in [0.3, 0.4) is 0 Å². The summed E-state index contributed by atoms with van der Waals surface area (Å²) in [5.74, 6) is 0.889. The molecule has 0 aliphatic carbocycles. The lowest BCUT2D eigenvalue weighted by atomic mass is 10.3. The van der Waals surface area contributed by atoms with Gasteiger partial charge in [0.15, 0.2) is 5.17 Å². The number of amidine groups is 1. The van der Waals surface area contributed by atoms with Gasteiger partial charge < -0.3 is 4.52 Å². The van der Waals surface area contributed by atoms with E-state index in [9.17, 15) is 4.57 Å². The topological polar surface area (TPSA) is 41.9 Å². The van der Waals surface area contributed by atoms with Gasteiger partial charge in [-0.2, -0.15) is 0 Å². The molecule has 0 spiro atoms. The Hall–Kier alpha value is -0.420. The fraction of sp³-hybridized carbons (Fsp3) is 0.500. The second-order valence-corrected chi connectivity index (χ2v) is 10.6. The van der Waals surface area contributed by atoms with Crippen LogP contribution in [0.4, 0.5) is 5.69 Å². The van der Waals surface area contributed by atoms with E-state index in [1.807, 2.05) is 35.0 Å². The van der Waals surface area contributed by atoms with Gasteiger partial charge in [0, 0.05) is 24.7 Å². The third-order valence-electron chi connectivity index (χ3n) is 3.15. The Morgan fingerprint density at radius 3 is 2.81 bits per heavy atom. The van der Waals surface area contributed by atoms with E-state index >= 15 is 0 Å². The molecule has 1 heterocycles. The quantitative estimate of drug-likeness (QED) is 0.679. The Balaban J connectivity index is 2.24. The van der Waals surface area contributed by atoms with E-state index in [1.54, 1.807) is 11.8 Å². The van der Waals surface area contributed by atoms with Crippen LogP contribution >= 0.6 is 29.9 Å². The predicted octanol–water partition coefficient (Wildman–Crippen LogP) is 5.01. The Kier molecular flexibility index (Phi) is 6.23. The Bertz CT molecular complexity index is 539. The van der Waals surface area contributed by atoms with Crippen molar-refractivity contribution in [2.75, 3.05) is 19.4 Å². The number of aliphatic imine (C=N–C) groups is 1. The molecule has 1 aromatic carbocycles. The molecule has 0 amide bonds. The fourth-order valence-corrected chi connectivity index (χ4v) is 7.97. The summed E-state index contributed by atoms with van der Waals surface area (Å²) in [6, 6.07) is 9.76. The first-order chi connectivity index (χ1) is 10.1. The van der Waals surface area contributed by atoms with Crippen LogP contribution < -0.4 is 0 Å². The molecule has 0 N–H and O–H groups in total. The van der Waals surface area contributed by atoms with Gasteiger partial charge in [-0.25, -0.2) is 4.99 Å². The maximum atomic E-state index is 13.1. The molecule has 0 radical (unpaired) electrons. The van der Waals surface area contributed by atoms with Crippen molar-refractivity contribution >= 4 is 40.7 Å². The molecule has 2 unspecified atom stereocenters. The predicted molar refractivity (Wildman–Crippen MR) is 94.7 cm³/mol. The first kappa shape index (κ1) is 16.9. The molecule has 116 valence electrons.